The topological polar surface area (TPSA) is 46.2 Å². The molecule has 0 amide bonds. The number of hydrogen-bond donors (Lipinski definition) is 1. The van der Waals surface area contributed by atoms with Crippen LogP contribution in [0.5, 0.6) is 0 Å². The van der Waals surface area contributed by atoms with E-state index in [2.05, 4.69) is 5.32 Å². The standard InChI is InChI=1S/C11H11NO2/c1-7-3-2-4-8-9(10(14)6-13)5-12-11(7)8/h2-4,6,9,12H,5H2,1H3. The Bertz CT molecular complexity index is 398. The number of ketones is 1. The highest BCUT2D eigenvalue weighted by atomic mass is 16.2. The summed E-state index contributed by atoms with van der Waals surface area (Å²) in [4.78, 5) is 21.7. The van der Waals surface area contributed by atoms with Gasteiger partial charge in [0, 0.05) is 12.2 Å². The molecule has 0 bridgehead atoms. The molecule has 1 heterocycles. The molecule has 1 aliphatic heterocycles. The van der Waals surface area contributed by atoms with Crippen molar-refractivity contribution in [1.29, 1.82) is 0 Å². The largest absolute Gasteiger partial charge is 0.384 e. The van der Waals surface area contributed by atoms with Crippen LogP contribution >= 0.6 is 0 Å². The van der Waals surface area contributed by atoms with Gasteiger partial charge in [-0.1, -0.05) is 18.2 Å². The first kappa shape index (κ1) is 8.94. The maximum atomic E-state index is 11.3. The van der Waals surface area contributed by atoms with Crippen molar-refractivity contribution in [3.05, 3.63) is 29.3 Å². The van der Waals surface area contributed by atoms with Crippen molar-refractivity contribution in [1.82, 2.24) is 0 Å². The number of benzene rings is 1. The van der Waals surface area contributed by atoms with Crippen LogP contribution in [0.25, 0.3) is 0 Å². The Kier molecular flexibility index (Phi) is 2.08. The van der Waals surface area contributed by atoms with Gasteiger partial charge in [-0.25, -0.2) is 0 Å². The molecule has 0 fully saturated rings. The lowest BCUT2D eigenvalue weighted by Crippen LogP contribution is -2.15. The molecule has 0 radical (unpaired) electrons. The lowest BCUT2D eigenvalue weighted by Gasteiger charge is -2.05. The number of aldehydes is 1. The molecule has 0 aliphatic carbocycles. The summed E-state index contributed by atoms with van der Waals surface area (Å²) < 4.78 is 0. The molecule has 0 spiro atoms. The molecule has 1 N–H and O–H groups in total. The smallest absolute Gasteiger partial charge is 0.204 e. The van der Waals surface area contributed by atoms with E-state index >= 15 is 0 Å². The van der Waals surface area contributed by atoms with Crippen LogP contribution in [0.2, 0.25) is 0 Å². The number of aryl methyl sites for hydroxylation is 1. The second-order valence-corrected chi connectivity index (χ2v) is 3.49. The highest BCUT2D eigenvalue weighted by Gasteiger charge is 2.28. The summed E-state index contributed by atoms with van der Waals surface area (Å²) in [5, 5.41) is 3.15. The second kappa shape index (κ2) is 3.25. The van der Waals surface area contributed by atoms with E-state index in [1.54, 1.807) is 0 Å². The molecule has 72 valence electrons. The quantitative estimate of drug-likeness (QED) is 0.563. The Hall–Kier alpha value is -1.64. The third-order valence-corrected chi connectivity index (χ3v) is 2.62. The Morgan fingerprint density at radius 2 is 2.36 bits per heavy atom. The summed E-state index contributed by atoms with van der Waals surface area (Å²) in [5.41, 5.74) is 3.07. The minimum Gasteiger partial charge on any atom is -0.384 e. The molecular weight excluding hydrogens is 178 g/mol. The summed E-state index contributed by atoms with van der Waals surface area (Å²) >= 11 is 0. The zero-order valence-electron chi connectivity index (χ0n) is 7.91. The van der Waals surface area contributed by atoms with Gasteiger partial charge in [0.2, 0.25) is 5.78 Å². The molecule has 0 saturated carbocycles. The first-order valence-corrected chi connectivity index (χ1v) is 4.56. The van der Waals surface area contributed by atoms with Gasteiger partial charge in [0.1, 0.15) is 0 Å². The highest BCUT2D eigenvalue weighted by molar-refractivity contribution is 6.28. The van der Waals surface area contributed by atoms with E-state index in [4.69, 9.17) is 0 Å². The first-order chi connectivity index (χ1) is 6.74. The maximum absolute atomic E-state index is 11.3. The van der Waals surface area contributed by atoms with Gasteiger partial charge >= 0.3 is 0 Å². The predicted molar refractivity (Wildman–Crippen MR) is 53.5 cm³/mol. The fourth-order valence-corrected chi connectivity index (χ4v) is 1.87. The maximum Gasteiger partial charge on any atom is 0.204 e. The van der Waals surface area contributed by atoms with Gasteiger partial charge in [0.05, 0.1) is 5.92 Å². The minimum absolute atomic E-state index is 0.289. The van der Waals surface area contributed by atoms with E-state index < -0.39 is 0 Å². The Balaban J connectivity index is 2.44. The summed E-state index contributed by atoms with van der Waals surface area (Å²) in [6.07, 6.45) is 0.407. The number of fused-ring (bicyclic) bond motifs is 1. The van der Waals surface area contributed by atoms with Crippen LogP contribution in [0.1, 0.15) is 17.0 Å². The number of nitrogens with one attached hydrogen (secondary N) is 1. The zero-order valence-corrected chi connectivity index (χ0v) is 7.91. The molecule has 3 heteroatoms. The van der Waals surface area contributed by atoms with Crippen molar-refractivity contribution in [2.24, 2.45) is 0 Å². The van der Waals surface area contributed by atoms with Crippen LogP contribution in [0.3, 0.4) is 0 Å². The zero-order chi connectivity index (χ0) is 10.1. The highest BCUT2D eigenvalue weighted by Crippen LogP contribution is 2.33. The molecule has 1 aromatic carbocycles. The Morgan fingerprint density at radius 1 is 1.57 bits per heavy atom. The molecule has 0 aromatic heterocycles. The van der Waals surface area contributed by atoms with Crippen molar-refractivity contribution in [2.45, 2.75) is 12.8 Å². The third kappa shape index (κ3) is 1.21. The van der Waals surface area contributed by atoms with Crippen molar-refractivity contribution < 1.29 is 9.59 Å². The summed E-state index contributed by atoms with van der Waals surface area (Å²) in [6, 6.07) is 5.79. The lowest BCUT2D eigenvalue weighted by atomic mass is 9.96. The molecule has 3 nitrogen and oxygen atoms in total. The molecular formula is C11H11NO2. The fraction of sp³-hybridized carbons (Fsp3) is 0.273. The number of para-hydroxylation sites is 1. The van der Waals surface area contributed by atoms with Crippen LogP contribution in [-0.2, 0) is 9.59 Å². The minimum atomic E-state index is -0.346. The van der Waals surface area contributed by atoms with Crippen LogP contribution in [0, 0.1) is 6.92 Å². The second-order valence-electron chi connectivity index (χ2n) is 3.49. The molecule has 2 rings (SSSR count). The number of rotatable bonds is 2. The van der Waals surface area contributed by atoms with Gasteiger partial charge in [-0.3, -0.25) is 9.59 Å². The van der Waals surface area contributed by atoms with E-state index in [9.17, 15) is 9.59 Å². The number of anilines is 1. The normalized spacial score (nSPS) is 18.5. The van der Waals surface area contributed by atoms with Crippen LogP contribution in [0.4, 0.5) is 5.69 Å². The van der Waals surface area contributed by atoms with Crippen molar-refractivity contribution in [2.75, 3.05) is 11.9 Å². The first-order valence-electron chi connectivity index (χ1n) is 4.56. The predicted octanol–water partition coefficient (Wildman–Crippen LogP) is 1.27. The van der Waals surface area contributed by atoms with Gasteiger partial charge in [0.15, 0.2) is 6.29 Å². The Morgan fingerprint density at radius 3 is 3.07 bits per heavy atom. The van der Waals surface area contributed by atoms with Gasteiger partial charge in [-0.2, -0.15) is 0 Å². The van der Waals surface area contributed by atoms with Gasteiger partial charge in [-0.15, -0.1) is 0 Å². The molecule has 14 heavy (non-hydrogen) atoms. The number of carbonyl (C=O) groups excluding carboxylic acids is 2. The SMILES string of the molecule is Cc1cccc2c1NCC2C(=O)C=O. The average Bonchev–Trinajstić information content (AvgIpc) is 2.62. The van der Waals surface area contributed by atoms with E-state index in [-0.39, 0.29) is 11.7 Å². The van der Waals surface area contributed by atoms with E-state index in [1.807, 2.05) is 25.1 Å². The number of hydrogen-bond acceptors (Lipinski definition) is 3. The van der Waals surface area contributed by atoms with Crippen LogP contribution in [-0.4, -0.2) is 18.6 Å². The molecule has 1 aliphatic rings. The van der Waals surface area contributed by atoms with Crippen molar-refractivity contribution in [3.63, 3.8) is 0 Å². The molecule has 1 atom stereocenters. The fourth-order valence-electron chi connectivity index (χ4n) is 1.87. The van der Waals surface area contributed by atoms with Crippen molar-refractivity contribution >= 4 is 17.8 Å². The summed E-state index contributed by atoms with van der Waals surface area (Å²) in [6.45, 7) is 2.53. The molecule has 1 unspecified atom stereocenters. The average molecular weight is 189 g/mol. The van der Waals surface area contributed by atoms with Gasteiger partial charge < -0.3 is 5.32 Å². The number of carbonyl (C=O) groups is 2. The molecule has 0 saturated heterocycles. The third-order valence-electron chi connectivity index (χ3n) is 2.62. The monoisotopic (exact) mass is 189 g/mol. The van der Waals surface area contributed by atoms with E-state index in [0.29, 0.717) is 12.8 Å². The van der Waals surface area contributed by atoms with Crippen molar-refractivity contribution in [3.8, 4) is 0 Å². The summed E-state index contributed by atoms with van der Waals surface area (Å²) in [5.74, 6) is -0.635. The molecule has 1 aromatic rings. The summed E-state index contributed by atoms with van der Waals surface area (Å²) in [7, 11) is 0. The van der Waals surface area contributed by atoms with Crippen LogP contribution < -0.4 is 5.32 Å². The van der Waals surface area contributed by atoms with Crippen LogP contribution in [0.15, 0.2) is 18.2 Å². The number of Topliss-reactive ketones (excluding diaryl/α,β-unsaturated/α-hetero) is 1. The Labute approximate surface area is 82.1 Å². The van der Waals surface area contributed by atoms with Gasteiger partial charge in [0.25, 0.3) is 0 Å². The van der Waals surface area contributed by atoms with E-state index in [0.717, 1.165) is 16.8 Å². The van der Waals surface area contributed by atoms with Gasteiger partial charge in [-0.05, 0) is 18.1 Å². The van der Waals surface area contributed by atoms with E-state index in [1.165, 1.54) is 0 Å². The lowest BCUT2D eigenvalue weighted by molar-refractivity contribution is -0.130.